The first-order valence-corrected chi connectivity index (χ1v) is 7.28. The molecule has 0 fully saturated rings. The van der Waals surface area contributed by atoms with Crippen molar-refractivity contribution in [3.63, 3.8) is 0 Å². The number of nitrogens with zero attached hydrogens (tertiary/aromatic N) is 1. The Kier molecular flexibility index (Phi) is 4.55. The summed E-state index contributed by atoms with van der Waals surface area (Å²) in [7, 11) is 1.86. The lowest BCUT2D eigenvalue weighted by Crippen LogP contribution is -2.24. The van der Waals surface area contributed by atoms with Gasteiger partial charge in [-0.3, -0.25) is 0 Å². The molecule has 1 N–H and O–H groups in total. The van der Waals surface area contributed by atoms with Gasteiger partial charge in [0.25, 0.3) is 0 Å². The summed E-state index contributed by atoms with van der Waals surface area (Å²) < 4.78 is 12.1. The van der Waals surface area contributed by atoms with Crippen molar-refractivity contribution in [3.05, 3.63) is 18.2 Å². The summed E-state index contributed by atoms with van der Waals surface area (Å²) in [4.78, 5) is 4.42. The summed E-state index contributed by atoms with van der Waals surface area (Å²) >= 11 is 6.72. The van der Waals surface area contributed by atoms with Crippen molar-refractivity contribution in [3.8, 4) is 5.75 Å². The number of ether oxygens (including phenoxy) is 2. The van der Waals surface area contributed by atoms with E-state index in [0.717, 1.165) is 21.1 Å². The maximum atomic E-state index is 5.77. The second-order valence-electron chi connectivity index (χ2n) is 3.91. The highest BCUT2D eigenvalue weighted by Crippen LogP contribution is 2.29. The van der Waals surface area contributed by atoms with Crippen LogP contribution < -0.4 is 10.1 Å². The van der Waals surface area contributed by atoms with Gasteiger partial charge in [-0.25, -0.2) is 4.98 Å². The molecule has 2 rings (SSSR count). The van der Waals surface area contributed by atoms with Gasteiger partial charge in [0.1, 0.15) is 5.75 Å². The maximum Gasteiger partial charge on any atom is 0.200 e. The average molecular weight is 296 g/mol. The van der Waals surface area contributed by atoms with Crippen LogP contribution in [0.1, 0.15) is 13.8 Å². The van der Waals surface area contributed by atoms with Crippen molar-refractivity contribution < 1.29 is 9.47 Å². The monoisotopic (exact) mass is 296 g/mol. The Balaban J connectivity index is 2.14. The number of hydrogen-bond acceptors (Lipinski definition) is 6. The highest BCUT2D eigenvalue weighted by Gasteiger charge is 2.12. The Morgan fingerprint density at radius 1 is 1.53 bits per heavy atom. The zero-order chi connectivity index (χ0) is 13.8. The number of aromatic nitrogens is 1. The maximum absolute atomic E-state index is 5.77. The zero-order valence-corrected chi connectivity index (χ0v) is 12.7. The van der Waals surface area contributed by atoms with Crippen LogP contribution in [0.4, 0.5) is 5.13 Å². The van der Waals surface area contributed by atoms with Crippen LogP contribution in [-0.2, 0) is 4.74 Å². The predicted molar refractivity (Wildman–Crippen MR) is 83.5 cm³/mol. The number of benzene rings is 1. The molecule has 1 aromatic carbocycles. The third-order valence-corrected chi connectivity index (χ3v) is 3.99. The molecule has 19 heavy (non-hydrogen) atoms. The lowest BCUT2D eigenvalue weighted by Gasteiger charge is -2.15. The molecule has 0 saturated carbocycles. The van der Waals surface area contributed by atoms with Crippen LogP contribution in [0.15, 0.2) is 18.2 Å². The van der Waals surface area contributed by atoms with E-state index >= 15 is 0 Å². The van der Waals surface area contributed by atoms with Gasteiger partial charge in [0.05, 0.1) is 16.8 Å². The van der Waals surface area contributed by atoms with Gasteiger partial charge in [-0.2, -0.15) is 0 Å². The first kappa shape index (κ1) is 14.0. The number of anilines is 1. The number of rotatable bonds is 5. The Bertz CT molecular complexity index is 583. The normalized spacial score (nSPS) is 12.2. The van der Waals surface area contributed by atoms with Crippen LogP contribution in [0.25, 0.3) is 10.2 Å². The predicted octanol–water partition coefficient (Wildman–Crippen LogP) is 3.47. The second-order valence-corrected chi connectivity index (χ2v) is 5.34. The Morgan fingerprint density at radius 3 is 3.00 bits per heavy atom. The van der Waals surface area contributed by atoms with Crippen LogP contribution in [0.2, 0.25) is 0 Å². The van der Waals surface area contributed by atoms with E-state index in [2.05, 4.69) is 10.3 Å². The van der Waals surface area contributed by atoms with Crippen molar-refractivity contribution in [1.29, 1.82) is 0 Å². The summed E-state index contributed by atoms with van der Waals surface area (Å²) in [6.07, 6.45) is -0.246. The number of hydrogen-bond donors (Lipinski definition) is 1. The fraction of sp³-hybridized carbons (Fsp3) is 0.385. The standard InChI is InChI=1S/C13H16N2O2S2/c1-4-16-12(18)8(2)17-9-5-6-10-11(7-9)19-13(14-3)15-10/h5-8H,4H2,1-3H3,(H,14,15). The van der Waals surface area contributed by atoms with E-state index < -0.39 is 0 Å². The molecule has 1 atom stereocenters. The van der Waals surface area contributed by atoms with Gasteiger partial charge in [-0.05, 0) is 44.3 Å². The van der Waals surface area contributed by atoms with E-state index in [4.69, 9.17) is 21.7 Å². The minimum atomic E-state index is -0.246. The van der Waals surface area contributed by atoms with E-state index in [9.17, 15) is 0 Å². The van der Waals surface area contributed by atoms with Gasteiger partial charge in [0.2, 0.25) is 5.05 Å². The molecule has 1 aromatic heterocycles. The minimum absolute atomic E-state index is 0.246. The van der Waals surface area contributed by atoms with Crippen molar-refractivity contribution in [2.24, 2.45) is 0 Å². The molecular weight excluding hydrogens is 280 g/mol. The molecule has 102 valence electrons. The quantitative estimate of drug-likeness (QED) is 0.856. The molecule has 0 aliphatic heterocycles. The molecule has 4 nitrogen and oxygen atoms in total. The zero-order valence-electron chi connectivity index (χ0n) is 11.1. The molecule has 1 heterocycles. The molecular formula is C13H16N2O2S2. The summed E-state index contributed by atoms with van der Waals surface area (Å²) in [6.45, 7) is 4.35. The average Bonchev–Trinajstić information content (AvgIpc) is 2.81. The van der Waals surface area contributed by atoms with E-state index in [0.29, 0.717) is 11.7 Å². The minimum Gasteiger partial charge on any atom is -0.484 e. The van der Waals surface area contributed by atoms with Crippen LogP contribution in [-0.4, -0.2) is 29.8 Å². The van der Waals surface area contributed by atoms with Gasteiger partial charge in [0, 0.05) is 7.05 Å². The number of thiazole rings is 1. The van der Waals surface area contributed by atoms with E-state index in [1.54, 1.807) is 11.3 Å². The summed E-state index contributed by atoms with van der Waals surface area (Å²) in [6, 6.07) is 5.81. The van der Waals surface area contributed by atoms with Crippen LogP contribution in [0.3, 0.4) is 0 Å². The molecule has 1 unspecified atom stereocenters. The van der Waals surface area contributed by atoms with Crippen molar-refractivity contribution in [2.75, 3.05) is 19.0 Å². The summed E-state index contributed by atoms with van der Waals surface area (Å²) in [5.74, 6) is 0.772. The second kappa shape index (κ2) is 6.16. The van der Waals surface area contributed by atoms with Crippen LogP contribution in [0, 0.1) is 0 Å². The molecule has 2 aromatic rings. The van der Waals surface area contributed by atoms with Gasteiger partial charge in [-0.1, -0.05) is 11.3 Å². The van der Waals surface area contributed by atoms with E-state index in [1.807, 2.05) is 39.1 Å². The molecule has 6 heteroatoms. The van der Waals surface area contributed by atoms with Gasteiger partial charge in [-0.15, -0.1) is 0 Å². The van der Waals surface area contributed by atoms with E-state index in [1.165, 1.54) is 0 Å². The van der Waals surface area contributed by atoms with Gasteiger partial charge in [0.15, 0.2) is 11.2 Å². The third kappa shape index (κ3) is 3.33. The van der Waals surface area contributed by atoms with Crippen molar-refractivity contribution in [2.45, 2.75) is 20.0 Å². The first-order chi connectivity index (χ1) is 9.13. The van der Waals surface area contributed by atoms with Crippen molar-refractivity contribution >= 4 is 44.0 Å². The Labute approximate surface area is 121 Å². The molecule has 0 spiro atoms. The third-order valence-electron chi connectivity index (χ3n) is 2.51. The topological polar surface area (TPSA) is 43.4 Å². The first-order valence-electron chi connectivity index (χ1n) is 6.05. The summed E-state index contributed by atoms with van der Waals surface area (Å²) in [5.41, 5.74) is 0.960. The molecule has 0 bridgehead atoms. The Hall–Kier alpha value is -1.40. The smallest absolute Gasteiger partial charge is 0.200 e. The number of fused-ring (bicyclic) bond motifs is 1. The van der Waals surface area contributed by atoms with Gasteiger partial charge >= 0.3 is 0 Å². The lowest BCUT2D eigenvalue weighted by molar-refractivity contribution is 0.230. The van der Waals surface area contributed by atoms with Crippen molar-refractivity contribution in [1.82, 2.24) is 4.98 Å². The highest BCUT2D eigenvalue weighted by atomic mass is 32.1. The largest absolute Gasteiger partial charge is 0.484 e. The SMILES string of the molecule is CCOC(=S)C(C)Oc1ccc2nc(NC)sc2c1. The molecule has 0 radical (unpaired) electrons. The number of thiocarbonyl (C=S) groups is 1. The fourth-order valence-corrected chi connectivity index (χ4v) is 2.61. The summed E-state index contributed by atoms with van der Waals surface area (Å²) in [5, 5.41) is 4.41. The number of nitrogens with one attached hydrogen (secondary N) is 1. The van der Waals surface area contributed by atoms with Crippen LogP contribution in [0.5, 0.6) is 5.75 Å². The van der Waals surface area contributed by atoms with E-state index in [-0.39, 0.29) is 6.10 Å². The molecule has 0 amide bonds. The fourth-order valence-electron chi connectivity index (χ4n) is 1.60. The van der Waals surface area contributed by atoms with Crippen LogP contribution >= 0.6 is 23.6 Å². The molecule has 0 saturated heterocycles. The Morgan fingerprint density at radius 2 is 2.32 bits per heavy atom. The molecule has 0 aliphatic rings. The molecule has 0 aliphatic carbocycles. The lowest BCUT2D eigenvalue weighted by atomic mass is 10.3. The highest BCUT2D eigenvalue weighted by molar-refractivity contribution is 7.80. The van der Waals surface area contributed by atoms with Gasteiger partial charge < -0.3 is 14.8 Å².